The normalized spacial score (nSPS) is 27.3. The quantitative estimate of drug-likeness (QED) is 0.332. The second-order valence-electron chi connectivity index (χ2n) is 9.15. The Hall–Kier alpha value is -2.83. The van der Waals surface area contributed by atoms with Crippen molar-refractivity contribution < 1.29 is 33.4 Å². The van der Waals surface area contributed by atoms with Gasteiger partial charge in [0.1, 0.15) is 22.7 Å². The lowest BCUT2D eigenvalue weighted by molar-refractivity contribution is -0.155. The lowest BCUT2D eigenvalue weighted by Gasteiger charge is -2.32. The Labute approximate surface area is 201 Å². The molecule has 0 unspecified atom stereocenters. The van der Waals surface area contributed by atoms with E-state index in [9.17, 15) is 19.2 Å². The molecule has 12 nitrogen and oxygen atoms in total. The van der Waals surface area contributed by atoms with Crippen LogP contribution in [-0.2, 0) is 28.6 Å². The van der Waals surface area contributed by atoms with Crippen LogP contribution in [0.1, 0.15) is 41.0 Å². The summed E-state index contributed by atoms with van der Waals surface area (Å²) in [6.07, 6.45) is 1.02. The van der Waals surface area contributed by atoms with Crippen LogP contribution < -0.4 is 10.6 Å². The van der Waals surface area contributed by atoms with E-state index in [2.05, 4.69) is 26.0 Å². The van der Waals surface area contributed by atoms with Crippen molar-refractivity contribution in [1.29, 1.82) is 0 Å². The first-order valence-corrected chi connectivity index (χ1v) is 12.0. The number of rotatable bonds is 9. The van der Waals surface area contributed by atoms with Crippen LogP contribution in [0, 0.1) is 17.8 Å². The van der Waals surface area contributed by atoms with Crippen LogP contribution in [0.15, 0.2) is 11.2 Å². The number of hydrogen-bond acceptors (Lipinski definition) is 10. The molecule has 2 fully saturated rings. The molecule has 0 bridgehead atoms. The van der Waals surface area contributed by atoms with Gasteiger partial charge in [-0.2, -0.15) is 10.3 Å². The van der Waals surface area contributed by atoms with Crippen molar-refractivity contribution >= 4 is 35.7 Å². The zero-order valence-electron chi connectivity index (χ0n) is 19.9. The molecule has 188 valence electrons. The Morgan fingerprint density at radius 2 is 1.91 bits per heavy atom. The van der Waals surface area contributed by atoms with Crippen LogP contribution in [-0.4, -0.2) is 75.5 Å². The third-order valence-electron chi connectivity index (χ3n) is 5.61. The number of aromatic amines is 1. The van der Waals surface area contributed by atoms with Gasteiger partial charge in [0.25, 0.3) is 0 Å². The molecule has 2 aliphatic rings. The smallest absolute Gasteiger partial charge is 0.408 e. The lowest BCUT2D eigenvalue weighted by Crippen LogP contribution is -2.59. The molecule has 0 aliphatic heterocycles. The molecule has 2 saturated carbocycles. The van der Waals surface area contributed by atoms with E-state index in [0.29, 0.717) is 5.03 Å². The zero-order valence-corrected chi connectivity index (χ0v) is 20.7. The van der Waals surface area contributed by atoms with E-state index in [1.165, 1.54) is 11.8 Å². The van der Waals surface area contributed by atoms with E-state index in [-0.39, 0.29) is 30.8 Å². The highest BCUT2D eigenvalue weighted by Crippen LogP contribution is 2.66. The Balaban J connectivity index is 1.80. The van der Waals surface area contributed by atoms with E-state index < -0.39 is 53.5 Å². The number of aromatic nitrogens is 3. The highest BCUT2D eigenvalue weighted by atomic mass is 32.2. The number of hydrogen-bond donors (Lipinski definition) is 3. The SMILES string of the molecule is CCOC(=O)[C@H]1[C@H]2[C@@H]1[C@](NC(=O)CNC(=O)OC(C)(C)C)(C(=O)OCC)C[C@H]2Sc1cn[nH]n1. The first-order valence-electron chi connectivity index (χ1n) is 11.2. The molecule has 3 rings (SSSR count). The van der Waals surface area contributed by atoms with Gasteiger partial charge in [-0.3, -0.25) is 9.59 Å². The van der Waals surface area contributed by atoms with Gasteiger partial charge in [0.15, 0.2) is 0 Å². The summed E-state index contributed by atoms with van der Waals surface area (Å²) in [6.45, 7) is 8.40. The van der Waals surface area contributed by atoms with Gasteiger partial charge < -0.3 is 24.8 Å². The first kappa shape index (κ1) is 25.8. The largest absolute Gasteiger partial charge is 0.466 e. The average molecular weight is 498 g/mol. The minimum Gasteiger partial charge on any atom is -0.466 e. The number of ether oxygens (including phenoxy) is 3. The summed E-state index contributed by atoms with van der Waals surface area (Å²) in [6, 6.07) is 0. The predicted molar refractivity (Wildman–Crippen MR) is 119 cm³/mol. The predicted octanol–water partition coefficient (Wildman–Crippen LogP) is 1.04. The zero-order chi connectivity index (χ0) is 25.1. The summed E-state index contributed by atoms with van der Waals surface area (Å²) in [7, 11) is 0. The van der Waals surface area contributed by atoms with Gasteiger partial charge in [0.05, 0.1) is 25.3 Å². The molecule has 1 aromatic rings. The van der Waals surface area contributed by atoms with E-state index in [1.54, 1.807) is 40.8 Å². The van der Waals surface area contributed by atoms with Crippen LogP contribution in [0.25, 0.3) is 0 Å². The van der Waals surface area contributed by atoms with E-state index in [4.69, 9.17) is 14.2 Å². The summed E-state index contributed by atoms with van der Waals surface area (Å²) in [5.74, 6) is -2.92. The molecule has 0 spiro atoms. The second-order valence-corrected chi connectivity index (χ2v) is 10.4. The minimum atomic E-state index is -1.44. The van der Waals surface area contributed by atoms with Crippen LogP contribution in [0.2, 0.25) is 0 Å². The standard InChI is InChI=1S/C21H31N5O7S/c1-6-31-17(28)15-14-11(34-13-10-23-26-25-13)8-21(16(14)15,18(29)32-7-2)24-12(27)9-22-19(30)33-20(3,4)5/h10-11,14-16H,6-9H2,1-5H3,(H,22,30)(H,24,27)(H,23,25,26)/t11-,14+,15+,16+,21+/m1/s1. The van der Waals surface area contributed by atoms with Crippen molar-refractivity contribution in [3.05, 3.63) is 6.20 Å². The molecule has 1 aromatic heterocycles. The summed E-state index contributed by atoms with van der Waals surface area (Å²) < 4.78 is 15.7. The highest BCUT2D eigenvalue weighted by molar-refractivity contribution is 7.99. The molecule has 13 heteroatoms. The molecule has 0 aromatic carbocycles. The van der Waals surface area contributed by atoms with Crippen molar-refractivity contribution in [2.75, 3.05) is 19.8 Å². The van der Waals surface area contributed by atoms with Gasteiger partial charge in [0, 0.05) is 11.2 Å². The van der Waals surface area contributed by atoms with Crippen molar-refractivity contribution in [3.63, 3.8) is 0 Å². The monoisotopic (exact) mass is 497 g/mol. The third-order valence-corrected chi connectivity index (χ3v) is 6.84. The van der Waals surface area contributed by atoms with Crippen LogP contribution in [0.4, 0.5) is 4.79 Å². The molecule has 34 heavy (non-hydrogen) atoms. The fourth-order valence-electron chi connectivity index (χ4n) is 4.51. The molecule has 3 N–H and O–H groups in total. The number of amides is 2. The number of alkyl carbamates (subject to hydrolysis) is 1. The van der Waals surface area contributed by atoms with Crippen LogP contribution >= 0.6 is 11.8 Å². The van der Waals surface area contributed by atoms with Gasteiger partial charge in [-0.15, -0.1) is 5.10 Å². The minimum absolute atomic E-state index is 0.106. The number of thioether (sulfide) groups is 1. The summed E-state index contributed by atoms with van der Waals surface area (Å²) in [4.78, 5) is 50.6. The van der Waals surface area contributed by atoms with E-state index in [1.807, 2.05) is 0 Å². The molecule has 1 heterocycles. The van der Waals surface area contributed by atoms with E-state index in [0.717, 1.165) is 0 Å². The van der Waals surface area contributed by atoms with Crippen molar-refractivity contribution in [2.24, 2.45) is 17.8 Å². The fraction of sp³-hybridized carbons (Fsp3) is 0.714. The van der Waals surface area contributed by atoms with Gasteiger partial charge in [-0.1, -0.05) is 11.8 Å². The summed E-state index contributed by atoms with van der Waals surface area (Å²) in [5, 5.41) is 15.9. The molecule has 2 amide bonds. The molecular weight excluding hydrogens is 466 g/mol. The number of carbonyl (C=O) groups excluding carboxylic acids is 4. The van der Waals surface area contributed by atoms with Crippen molar-refractivity contribution in [1.82, 2.24) is 26.0 Å². The van der Waals surface area contributed by atoms with Crippen molar-refractivity contribution in [2.45, 2.75) is 62.5 Å². The molecule has 5 atom stereocenters. The van der Waals surface area contributed by atoms with Crippen LogP contribution in [0.3, 0.4) is 0 Å². The van der Waals surface area contributed by atoms with E-state index >= 15 is 0 Å². The van der Waals surface area contributed by atoms with Gasteiger partial charge >= 0.3 is 18.0 Å². The average Bonchev–Trinajstić information content (AvgIpc) is 3.13. The number of nitrogens with one attached hydrogen (secondary N) is 3. The first-order chi connectivity index (χ1) is 16.0. The number of H-pyrrole nitrogens is 1. The topological polar surface area (TPSA) is 162 Å². The number of nitrogens with zero attached hydrogens (tertiary/aromatic N) is 2. The maximum atomic E-state index is 13.2. The Kier molecular flexibility index (Phi) is 7.74. The molecule has 2 aliphatic carbocycles. The second kappa shape index (κ2) is 10.2. The maximum Gasteiger partial charge on any atom is 0.408 e. The van der Waals surface area contributed by atoms with Gasteiger partial charge in [0.2, 0.25) is 5.91 Å². The molecular formula is C21H31N5O7S. The van der Waals surface area contributed by atoms with Crippen molar-refractivity contribution in [3.8, 4) is 0 Å². The molecule has 0 saturated heterocycles. The van der Waals surface area contributed by atoms with Crippen LogP contribution in [0.5, 0.6) is 0 Å². The molecule has 0 radical (unpaired) electrons. The highest BCUT2D eigenvalue weighted by Gasteiger charge is 2.76. The Morgan fingerprint density at radius 1 is 1.21 bits per heavy atom. The fourth-order valence-corrected chi connectivity index (χ4v) is 5.87. The maximum absolute atomic E-state index is 13.2. The van der Waals surface area contributed by atoms with Gasteiger partial charge in [-0.25, -0.2) is 9.59 Å². The Morgan fingerprint density at radius 3 is 2.50 bits per heavy atom. The summed E-state index contributed by atoms with van der Waals surface area (Å²) >= 11 is 1.37. The summed E-state index contributed by atoms with van der Waals surface area (Å²) in [5.41, 5.74) is -2.16. The third kappa shape index (κ3) is 5.62. The number of fused-ring (bicyclic) bond motifs is 1. The van der Waals surface area contributed by atoms with Gasteiger partial charge in [-0.05, 0) is 47.0 Å². The lowest BCUT2D eigenvalue weighted by atomic mass is 9.89. The number of esters is 2. The Bertz CT molecular complexity index is 919. The number of carbonyl (C=O) groups is 4.